The summed E-state index contributed by atoms with van der Waals surface area (Å²) in [4.78, 5) is 11.2. The number of hydrogen-bond donors (Lipinski definition) is 4. The lowest BCUT2D eigenvalue weighted by molar-refractivity contribution is -0.114. The molecule has 1 amide bonds. The second-order valence-electron chi connectivity index (χ2n) is 5.78. The minimum absolute atomic E-state index is 0.184. The topological polar surface area (TPSA) is 147 Å². The SMILES string of the molecule is CCNS(=O)(=O)c1ccc(N)cc1.CCNS(=O)(=O)c1ccc(NC(C)=O)cc1. The first-order valence-corrected chi connectivity index (χ1v) is 11.7. The van der Waals surface area contributed by atoms with Crippen LogP contribution in [0.3, 0.4) is 0 Å². The van der Waals surface area contributed by atoms with Gasteiger partial charge in [-0.1, -0.05) is 13.8 Å². The number of benzene rings is 2. The maximum absolute atomic E-state index is 11.6. The molecule has 2 rings (SSSR count). The summed E-state index contributed by atoms with van der Waals surface area (Å²) in [5.41, 5.74) is 6.55. The first-order chi connectivity index (χ1) is 13.5. The van der Waals surface area contributed by atoms with Gasteiger partial charge in [0.15, 0.2) is 0 Å². The van der Waals surface area contributed by atoms with Gasteiger partial charge in [-0.05, 0) is 48.5 Å². The van der Waals surface area contributed by atoms with Gasteiger partial charge in [-0.3, -0.25) is 4.79 Å². The van der Waals surface area contributed by atoms with Gasteiger partial charge in [-0.25, -0.2) is 26.3 Å². The summed E-state index contributed by atoms with van der Waals surface area (Å²) in [6.07, 6.45) is 0. The third-order valence-corrected chi connectivity index (χ3v) is 6.47. The van der Waals surface area contributed by atoms with E-state index in [1.807, 2.05) is 0 Å². The molecular weight excluding hydrogens is 416 g/mol. The third-order valence-electron chi connectivity index (χ3n) is 3.34. The van der Waals surface area contributed by atoms with Crippen molar-refractivity contribution in [2.45, 2.75) is 30.6 Å². The molecule has 2 aromatic carbocycles. The summed E-state index contributed by atoms with van der Waals surface area (Å²) in [5, 5.41) is 2.56. The highest BCUT2D eigenvalue weighted by molar-refractivity contribution is 7.89. The van der Waals surface area contributed by atoms with Gasteiger partial charge in [0.05, 0.1) is 9.79 Å². The zero-order valence-electron chi connectivity index (χ0n) is 16.5. The summed E-state index contributed by atoms with van der Waals surface area (Å²) in [7, 11) is -6.75. The van der Waals surface area contributed by atoms with Crippen LogP contribution in [0.15, 0.2) is 58.3 Å². The van der Waals surface area contributed by atoms with Gasteiger partial charge in [0, 0.05) is 31.4 Å². The molecule has 0 aliphatic heterocycles. The molecule has 29 heavy (non-hydrogen) atoms. The molecule has 160 valence electrons. The number of nitrogens with one attached hydrogen (secondary N) is 3. The Kier molecular flexibility index (Phi) is 9.24. The van der Waals surface area contributed by atoms with Crippen LogP contribution in [0.1, 0.15) is 20.8 Å². The van der Waals surface area contributed by atoms with E-state index in [0.717, 1.165) is 0 Å². The minimum Gasteiger partial charge on any atom is -0.399 e. The van der Waals surface area contributed by atoms with E-state index in [9.17, 15) is 21.6 Å². The van der Waals surface area contributed by atoms with E-state index in [2.05, 4.69) is 14.8 Å². The summed E-state index contributed by atoms with van der Waals surface area (Å²) in [6, 6.07) is 12.1. The molecule has 0 radical (unpaired) electrons. The number of carbonyl (C=O) groups is 1. The fourth-order valence-corrected chi connectivity index (χ4v) is 4.20. The average Bonchev–Trinajstić information content (AvgIpc) is 2.62. The molecule has 0 bridgehead atoms. The van der Waals surface area contributed by atoms with Crippen molar-refractivity contribution in [3.05, 3.63) is 48.5 Å². The molecule has 0 fully saturated rings. The molecule has 0 atom stereocenters. The first kappa shape index (κ1) is 24.6. The fourth-order valence-electron chi connectivity index (χ4n) is 2.11. The third kappa shape index (κ3) is 8.20. The number of amides is 1. The van der Waals surface area contributed by atoms with Gasteiger partial charge in [-0.2, -0.15) is 0 Å². The zero-order chi connectivity index (χ0) is 22.1. The maximum Gasteiger partial charge on any atom is 0.240 e. The number of hydrogen-bond acceptors (Lipinski definition) is 6. The van der Waals surface area contributed by atoms with Crippen molar-refractivity contribution in [2.75, 3.05) is 24.1 Å². The quantitative estimate of drug-likeness (QED) is 0.478. The Bertz CT molecular complexity index is 1000. The van der Waals surface area contributed by atoms with E-state index >= 15 is 0 Å². The van der Waals surface area contributed by atoms with E-state index in [1.165, 1.54) is 31.2 Å². The van der Waals surface area contributed by atoms with Gasteiger partial charge >= 0.3 is 0 Å². The molecule has 0 unspecified atom stereocenters. The Morgan fingerprint density at radius 3 is 1.52 bits per heavy atom. The molecule has 2 aromatic rings. The molecule has 0 saturated heterocycles. The zero-order valence-corrected chi connectivity index (χ0v) is 18.1. The van der Waals surface area contributed by atoms with E-state index in [1.54, 1.807) is 38.1 Å². The lowest BCUT2D eigenvalue weighted by atomic mass is 10.3. The van der Waals surface area contributed by atoms with Crippen molar-refractivity contribution in [3.8, 4) is 0 Å². The highest BCUT2D eigenvalue weighted by Gasteiger charge is 2.12. The van der Waals surface area contributed by atoms with E-state index in [0.29, 0.717) is 24.5 Å². The van der Waals surface area contributed by atoms with Gasteiger partial charge in [-0.15, -0.1) is 0 Å². The van der Waals surface area contributed by atoms with Crippen molar-refractivity contribution >= 4 is 37.3 Å². The van der Waals surface area contributed by atoms with Crippen LogP contribution < -0.4 is 20.5 Å². The second-order valence-corrected chi connectivity index (χ2v) is 9.31. The van der Waals surface area contributed by atoms with Gasteiger partial charge in [0.25, 0.3) is 0 Å². The lowest BCUT2D eigenvalue weighted by Gasteiger charge is -2.06. The standard InChI is InChI=1S/C10H14N2O3S.C8H12N2O2S/c1-3-11-16(14,15)10-6-4-9(5-7-10)12-8(2)13;1-2-10-13(11,12)8-5-3-7(9)4-6-8/h4-7,11H,3H2,1-2H3,(H,12,13);3-6,10H,2,9H2,1H3. The summed E-state index contributed by atoms with van der Waals surface area (Å²) in [5.74, 6) is -0.192. The van der Waals surface area contributed by atoms with Crippen molar-refractivity contribution in [1.29, 1.82) is 0 Å². The highest BCUT2D eigenvalue weighted by atomic mass is 32.2. The Morgan fingerprint density at radius 2 is 1.17 bits per heavy atom. The van der Waals surface area contributed by atoms with Crippen LogP contribution in [0.2, 0.25) is 0 Å². The van der Waals surface area contributed by atoms with Crippen LogP contribution >= 0.6 is 0 Å². The Balaban J connectivity index is 0.000000296. The van der Waals surface area contributed by atoms with Crippen LogP contribution in [0.5, 0.6) is 0 Å². The first-order valence-electron chi connectivity index (χ1n) is 8.74. The number of nitrogens with two attached hydrogens (primary N) is 1. The number of anilines is 2. The largest absolute Gasteiger partial charge is 0.399 e. The Hall–Kier alpha value is -2.47. The van der Waals surface area contributed by atoms with E-state index in [4.69, 9.17) is 5.73 Å². The highest BCUT2D eigenvalue weighted by Crippen LogP contribution is 2.13. The van der Waals surface area contributed by atoms with Crippen molar-refractivity contribution in [3.63, 3.8) is 0 Å². The smallest absolute Gasteiger partial charge is 0.240 e. The molecule has 0 aliphatic rings. The maximum atomic E-state index is 11.6. The monoisotopic (exact) mass is 442 g/mol. The number of sulfonamides is 2. The molecule has 0 spiro atoms. The van der Waals surface area contributed by atoms with E-state index < -0.39 is 20.0 Å². The molecule has 0 heterocycles. The van der Waals surface area contributed by atoms with Crippen molar-refractivity contribution in [2.24, 2.45) is 0 Å². The van der Waals surface area contributed by atoms with Gasteiger partial charge in [0.2, 0.25) is 26.0 Å². The van der Waals surface area contributed by atoms with Gasteiger partial charge < -0.3 is 11.1 Å². The fraction of sp³-hybridized carbons (Fsp3) is 0.278. The van der Waals surface area contributed by atoms with Crippen molar-refractivity contribution in [1.82, 2.24) is 9.44 Å². The second kappa shape index (κ2) is 10.9. The summed E-state index contributed by atoms with van der Waals surface area (Å²) < 4.78 is 50.7. The number of rotatable bonds is 7. The number of carbonyl (C=O) groups excluding carboxylic acids is 1. The van der Waals surface area contributed by atoms with Crippen LogP contribution in [-0.2, 0) is 24.8 Å². The normalized spacial score (nSPS) is 11.3. The lowest BCUT2D eigenvalue weighted by Crippen LogP contribution is -2.23. The Labute approximate surface area is 171 Å². The molecule has 0 aromatic heterocycles. The number of nitrogen functional groups attached to an aromatic ring is 1. The van der Waals surface area contributed by atoms with E-state index in [-0.39, 0.29) is 15.7 Å². The molecule has 9 nitrogen and oxygen atoms in total. The minimum atomic E-state index is -3.42. The van der Waals surface area contributed by atoms with Crippen molar-refractivity contribution < 1.29 is 21.6 Å². The molecule has 0 saturated carbocycles. The van der Waals surface area contributed by atoms with Crippen LogP contribution in [-0.4, -0.2) is 35.8 Å². The molecule has 0 aliphatic carbocycles. The molecule has 11 heteroatoms. The van der Waals surface area contributed by atoms with Crippen LogP contribution in [0.4, 0.5) is 11.4 Å². The summed E-state index contributed by atoms with van der Waals surface area (Å²) in [6.45, 7) is 5.56. The molecular formula is C18H26N4O5S2. The molecule has 5 N–H and O–H groups in total. The summed E-state index contributed by atoms with van der Waals surface area (Å²) >= 11 is 0. The predicted molar refractivity (Wildman–Crippen MR) is 113 cm³/mol. The predicted octanol–water partition coefficient (Wildman–Crippen LogP) is 1.51. The van der Waals surface area contributed by atoms with Crippen LogP contribution in [0, 0.1) is 0 Å². The Morgan fingerprint density at radius 1 is 0.793 bits per heavy atom. The average molecular weight is 443 g/mol. The van der Waals surface area contributed by atoms with Gasteiger partial charge in [0.1, 0.15) is 0 Å². The van der Waals surface area contributed by atoms with Crippen LogP contribution in [0.25, 0.3) is 0 Å².